The van der Waals surface area contributed by atoms with Gasteiger partial charge in [0.2, 0.25) is 0 Å². The molecule has 0 saturated carbocycles. The van der Waals surface area contributed by atoms with Crippen LogP contribution in [0.1, 0.15) is 59.4 Å². The van der Waals surface area contributed by atoms with Crippen LogP contribution in [0.25, 0.3) is 21.5 Å². The number of ether oxygens (including phenoxy) is 2. The zero-order chi connectivity index (χ0) is 32.7. The summed E-state index contributed by atoms with van der Waals surface area (Å²) in [6.07, 6.45) is 0.482. The van der Waals surface area contributed by atoms with Crippen LogP contribution in [-0.4, -0.2) is 11.9 Å². The third-order valence-corrected chi connectivity index (χ3v) is 9.03. The predicted octanol–water partition coefficient (Wildman–Crippen LogP) is 10.3. The number of halogens is 3. The van der Waals surface area contributed by atoms with Crippen LogP contribution >= 0.6 is 11.6 Å². The van der Waals surface area contributed by atoms with Crippen LogP contribution in [0.5, 0.6) is 11.5 Å². The van der Waals surface area contributed by atoms with Crippen molar-refractivity contribution in [1.82, 2.24) is 0 Å². The number of carbonyl (C=O) groups excluding carboxylic acids is 2. The highest BCUT2D eigenvalue weighted by molar-refractivity contribution is 6.30. The van der Waals surface area contributed by atoms with Gasteiger partial charge in [-0.3, -0.25) is 9.59 Å². The highest BCUT2D eigenvalue weighted by Crippen LogP contribution is 2.44. The first kappa shape index (κ1) is 30.6. The third-order valence-electron chi connectivity index (χ3n) is 8.79. The molecule has 2 aliphatic heterocycles. The summed E-state index contributed by atoms with van der Waals surface area (Å²) in [7, 11) is 0. The fourth-order valence-corrected chi connectivity index (χ4v) is 6.71. The Morgan fingerprint density at radius 1 is 0.617 bits per heavy atom. The van der Waals surface area contributed by atoms with E-state index in [-0.39, 0.29) is 35.8 Å². The lowest BCUT2D eigenvalue weighted by Crippen LogP contribution is -2.21. The number of alkyl halides is 2. The van der Waals surface area contributed by atoms with Crippen molar-refractivity contribution in [3.05, 3.63) is 154 Å². The summed E-state index contributed by atoms with van der Waals surface area (Å²) >= 11 is 6.11. The molecule has 7 heteroatoms. The largest absolute Gasteiger partial charge is 0.426 e. The zero-order valence-corrected chi connectivity index (χ0v) is 26.1. The Kier molecular flexibility index (Phi) is 7.98. The maximum Gasteiger partial charge on any atom is 0.312 e. The van der Waals surface area contributed by atoms with Crippen molar-refractivity contribution in [3.63, 3.8) is 0 Å². The van der Waals surface area contributed by atoms with Crippen LogP contribution in [0.2, 0.25) is 5.02 Å². The maximum absolute atomic E-state index is 13.7. The Balaban J connectivity index is 0.000000151. The average Bonchev–Trinajstić information content (AvgIpc) is 3.07. The summed E-state index contributed by atoms with van der Waals surface area (Å²) in [4.78, 5) is 24.2. The van der Waals surface area contributed by atoms with Gasteiger partial charge in [0.25, 0.3) is 5.92 Å². The molecule has 0 radical (unpaired) electrons. The van der Waals surface area contributed by atoms with E-state index >= 15 is 0 Å². The Morgan fingerprint density at radius 3 is 1.62 bits per heavy atom. The number of hydrogen-bond acceptors (Lipinski definition) is 4. The lowest BCUT2D eigenvalue weighted by molar-refractivity contribution is -0.136. The van der Waals surface area contributed by atoms with E-state index in [1.807, 2.05) is 84.9 Å². The first-order valence-electron chi connectivity index (χ1n) is 15.3. The van der Waals surface area contributed by atoms with Crippen molar-refractivity contribution in [2.75, 3.05) is 0 Å². The Hall–Kier alpha value is -5.07. The molecule has 0 N–H and O–H groups in total. The number of benzene rings is 6. The molecule has 2 heterocycles. The fraction of sp³-hybridized carbons (Fsp3) is 0.150. The molecule has 0 aliphatic carbocycles. The van der Waals surface area contributed by atoms with Crippen LogP contribution in [-0.2, 0) is 15.5 Å². The lowest BCUT2D eigenvalue weighted by atomic mass is 9.84. The van der Waals surface area contributed by atoms with E-state index in [9.17, 15) is 18.4 Å². The minimum absolute atomic E-state index is 0.0143. The van der Waals surface area contributed by atoms with E-state index in [1.54, 1.807) is 12.1 Å². The van der Waals surface area contributed by atoms with Crippen molar-refractivity contribution in [1.29, 1.82) is 0 Å². The van der Waals surface area contributed by atoms with E-state index < -0.39 is 5.92 Å². The summed E-state index contributed by atoms with van der Waals surface area (Å²) in [5.41, 5.74) is 3.59. The third kappa shape index (κ3) is 6.09. The molecule has 234 valence electrons. The molecule has 0 bridgehead atoms. The van der Waals surface area contributed by atoms with Gasteiger partial charge < -0.3 is 9.47 Å². The van der Waals surface area contributed by atoms with Crippen LogP contribution in [0, 0.1) is 0 Å². The highest BCUT2D eigenvalue weighted by Gasteiger charge is 2.32. The number of carbonyl (C=O) groups is 2. The summed E-state index contributed by atoms with van der Waals surface area (Å²) in [6.45, 7) is 0.878. The molecule has 47 heavy (non-hydrogen) atoms. The van der Waals surface area contributed by atoms with Gasteiger partial charge in [-0.2, -0.15) is 0 Å². The van der Waals surface area contributed by atoms with Gasteiger partial charge >= 0.3 is 11.9 Å². The molecule has 0 saturated heterocycles. The van der Waals surface area contributed by atoms with Crippen LogP contribution in [0.3, 0.4) is 0 Å². The zero-order valence-electron chi connectivity index (χ0n) is 25.4. The molecule has 8 rings (SSSR count). The van der Waals surface area contributed by atoms with E-state index in [2.05, 4.69) is 12.1 Å². The second-order valence-corrected chi connectivity index (χ2v) is 12.4. The molecular weight excluding hydrogens is 618 g/mol. The van der Waals surface area contributed by atoms with E-state index in [1.165, 1.54) is 12.1 Å². The minimum atomic E-state index is -2.92. The molecule has 2 aliphatic rings. The van der Waals surface area contributed by atoms with Crippen molar-refractivity contribution >= 4 is 45.1 Å². The van der Waals surface area contributed by atoms with E-state index in [4.69, 9.17) is 21.1 Å². The SMILES string of the molecule is CC(F)(F)c1cccc(C2CC(=O)Oc3c2ccc2ccccc32)c1.O=C1CC(c2cccc(Cl)c2)c2ccc3ccccc3c2O1. The molecule has 2 unspecified atom stereocenters. The van der Waals surface area contributed by atoms with Gasteiger partial charge in [-0.1, -0.05) is 115 Å². The Bertz CT molecular complexity index is 2170. The smallest absolute Gasteiger partial charge is 0.312 e. The van der Waals surface area contributed by atoms with E-state index in [0.29, 0.717) is 28.5 Å². The van der Waals surface area contributed by atoms with Gasteiger partial charge in [-0.25, -0.2) is 8.78 Å². The van der Waals surface area contributed by atoms with Crippen molar-refractivity contribution in [3.8, 4) is 11.5 Å². The summed E-state index contributed by atoms with van der Waals surface area (Å²) in [5.74, 6) is -2.55. The number of esters is 2. The van der Waals surface area contributed by atoms with Crippen molar-refractivity contribution < 1.29 is 27.8 Å². The van der Waals surface area contributed by atoms with Gasteiger partial charge in [0.05, 0.1) is 12.8 Å². The molecule has 6 aromatic carbocycles. The molecule has 4 nitrogen and oxygen atoms in total. The molecule has 0 fully saturated rings. The summed E-state index contributed by atoms with van der Waals surface area (Å²) < 4.78 is 38.4. The fourth-order valence-electron chi connectivity index (χ4n) is 6.51. The lowest BCUT2D eigenvalue weighted by Gasteiger charge is -2.26. The van der Waals surface area contributed by atoms with Crippen molar-refractivity contribution in [2.24, 2.45) is 0 Å². The topological polar surface area (TPSA) is 52.6 Å². The van der Waals surface area contributed by atoms with Gasteiger partial charge in [0.15, 0.2) is 0 Å². The Morgan fingerprint density at radius 2 is 1.11 bits per heavy atom. The first-order chi connectivity index (χ1) is 22.7. The molecule has 0 spiro atoms. The molecule has 0 amide bonds. The standard InChI is InChI=1S/C21H16F2O2.C19H13ClO2/c1-21(22,23)15-7-4-6-14(11-15)18-12-19(24)25-20-16-8-3-2-5-13(16)9-10-17(18)20;20-14-6-3-5-13(10-14)17-11-18(21)22-19-15-7-2-1-4-12(15)8-9-16(17)19/h2-11,18H,12H2,1H3;1-10,17H,11H2. The van der Waals surface area contributed by atoms with E-state index in [0.717, 1.165) is 45.2 Å². The van der Waals surface area contributed by atoms with Gasteiger partial charge in [-0.05, 0) is 40.1 Å². The normalized spacial score (nSPS) is 17.2. The molecular formula is C40H29ClF2O4. The highest BCUT2D eigenvalue weighted by atomic mass is 35.5. The monoisotopic (exact) mass is 646 g/mol. The Labute approximate surface area is 275 Å². The number of rotatable bonds is 3. The van der Waals surface area contributed by atoms with Gasteiger partial charge in [0.1, 0.15) is 11.5 Å². The van der Waals surface area contributed by atoms with Gasteiger partial charge in [0, 0.05) is 51.2 Å². The second-order valence-electron chi connectivity index (χ2n) is 11.9. The second kappa shape index (κ2) is 12.3. The summed E-state index contributed by atoms with van der Waals surface area (Å²) in [5, 5.41) is 4.55. The molecule has 0 aromatic heterocycles. The average molecular weight is 647 g/mol. The first-order valence-corrected chi connectivity index (χ1v) is 15.7. The number of hydrogen-bond donors (Lipinski definition) is 0. The quantitative estimate of drug-likeness (QED) is 0.142. The van der Waals surface area contributed by atoms with Crippen LogP contribution in [0.15, 0.2) is 121 Å². The van der Waals surface area contributed by atoms with Gasteiger partial charge in [-0.15, -0.1) is 0 Å². The minimum Gasteiger partial charge on any atom is -0.426 e. The maximum atomic E-state index is 13.7. The number of fused-ring (bicyclic) bond motifs is 6. The summed E-state index contributed by atoms with van der Waals surface area (Å²) in [6, 6.07) is 37.6. The predicted molar refractivity (Wildman–Crippen MR) is 180 cm³/mol. The van der Waals surface area contributed by atoms with Crippen molar-refractivity contribution in [2.45, 2.75) is 37.5 Å². The van der Waals surface area contributed by atoms with Crippen LogP contribution in [0.4, 0.5) is 8.78 Å². The molecule has 6 aromatic rings. The molecule has 2 atom stereocenters. The van der Waals surface area contributed by atoms with Crippen LogP contribution < -0.4 is 9.47 Å².